The number of fused-ring (bicyclic) bond motifs is 1. The van der Waals surface area contributed by atoms with E-state index in [1.54, 1.807) is 18.5 Å². The van der Waals surface area contributed by atoms with Crippen LogP contribution >= 0.6 is 0 Å². The van der Waals surface area contributed by atoms with Crippen molar-refractivity contribution in [2.45, 2.75) is 59.2 Å². The van der Waals surface area contributed by atoms with Crippen molar-refractivity contribution in [1.29, 1.82) is 0 Å². The predicted octanol–water partition coefficient (Wildman–Crippen LogP) is 4.70. The van der Waals surface area contributed by atoms with E-state index in [9.17, 15) is 4.39 Å². The first kappa shape index (κ1) is 22.1. The summed E-state index contributed by atoms with van der Waals surface area (Å²) in [6, 6.07) is 8.64. The molecule has 4 aromatic rings. The zero-order chi connectivity index (χ0) is 23.9. The third-order valence-electron chi connectivity index (χ3n) is 7.10. The van der Waals surface area contributed by atoms with Crippen LogP contribution in [0.2, 0.25) is 0 Å². The maximum Gasteiger partial charge on any atom is 0.157 e. The number of aromatic nitrogens is 6. The zero-order valence-electron chi connectivity index (χ0n) is 20.3. The van der Waals surface area contributed by atoms with Gasteiger partial charge >= 0.3 is 0 Å². The Kier molecular flexibility index (Phi) is 5.68. The van der Waals surface area contributed by atoms with Gasteiger partial charge in [0, 0.05) is 48.9 Å². The largest absolute Gasteiger partial charge is 0.293 e. The minimum absolute atomic E-state index is 0.236. The van der Waals surface area contributed by atoms with Crippen LogP contribution in [0, 0.1) is 18.7 Å². The Balaban J connectivity index is 1.31. The zero-order valence-corrected chi connectivity index (χ0v) is 20.3. The van der Waals surface area contributed by atoms with Gasteiger partial charge in [0.1, 0.15) is 12.1 Å². The highest BCUT2D eigenvalue weighted by molar-refractivity contribution is 5.64. The van der Waals surface area contributed by atoms with Crippen LogP contribution in [0.25, 0.3) is 17.1 Å². The summed E-state index contributed by atoms with van der Waals surface area (Å²) in [6.45, 7) is 8.17. The Hall–Kier alpha value is -3.39. The Morgan fingerprint density at radius 3 is 2.69 bits per heavy atom. The summed E-state index contributed by atoms with van der Waals surface area (Å²) in [5.41, 5.74) is 7.56. The van der Waals surface area contributed by atoms with Crippen LogP contribution < -0.4 is 0 Å². The van der Waals surface area contributed by atoms with Gasteiger partial charge in [0.2, 0.25) is 0 Å². The molecule has 180 valence electrons. The van der Waals surface area contributed by atoms with Gasteiger partial charge in [0.25, 0.3) is 0 Å². The summed E-state index contributed by atoms with van der Waals surface area (Å²) < 4.78 is 17.6. The second kappa shape index (κ2) is 9.00. The van der Waals surface area contributed by atoms with Gasteiger partial charge < -0.3 is 0 Å². The molecule has 35 heavy (non-hydrogen) atoms. The van der Waals surface area contributed by atoms with E-state index in [-0.39, 0.29) is 5.82 Å². The van der Waals surface area contributed by atoms with Crippen molar-refractivity contribution in [1.82, 2.24) is 34.4 Å². The lowest BCUT2D eigenvalue weighted by Crippen LogP contribution is -2.18. The number of hydrogen-bond acceptors (Lipinski definition) is 5. The van der Waals surface area contributed by atoms with Crippen LogP contribution in [0.1, 0.15) is 54.4 Å². The second-order valence-electron chi connectivity index (χ2n) is 9.84. The quantitative estimate of drug-likeness (QED) is 0.373. The highest BCUT2D eigenvalue weighted by Gasteiger charge is 2.26. The van der Waals surface area contributed by atoms with Crippen LogP contribution in [-0.4, -0.2) is 41.0 Å². The Labute approximate surface area is 204 Å². The molecule has 0 amide bonds. The van der Waals surface area contributed by atoms with Crippen molar-refractivity contribution >= 4 is 0 Å². The highest BCUT2D eigenvalue weighted by atomic mass is 19.1. The van der Waals surface area contributed by atoms with Gasteiger partial charge in [-0.3, -0.25) is 9.58 Å². The minimum atomic E-state index is -0.236. The molecule has 0 bridgehead atoms. The number of nitrogens with zero attached hydrogens (tertiary/aromatic N) is 7. The maximum absolute atomic E-state index is 13.5. The first-order valence-corrected chi connectivity index (χ1v) is 12.5. The number of benzene rings is 1. The molecule has 3 aromatic heterocycles. The molecule has 8 heteroatoms. The lowest BCUT2D eigenvalue weighted by Gasteiger charge is -2.14. The number of halogens is 1. The molecule has 0 saturated heterocycles. The van der Waals surface area contributed by atoms with Gasteiger partial charge in [-0.25, -0.2) is 19.0 Å². The van der Waals surface area contributed by atoms with E-state index in [0.717, 1.165) is 66.6 Å². The van der Waals surface area contributed by atoms with Gasteiger partial charge in [0.15, 0.2) is 5.82 Å². The molecule has 4 heterocycles. The van der Waals surface area contributed by atoms with Crippen LogP contribution in [0.4, 0.5) is 4.39 Å². The molecular weight excluding hydrogens is 441 g/mol. The molecule has 1 aromatic carbocycles. The lowest BCUT2D eigenvalue weighted by atomic mass is 10.0. The van der Waals surface area contributed by atoms with Gasteiger partial charge in [-0.1, -0.05) is 6.92 Å². The van der Waals surface area contributed by atoms with Crippen LogP contribution in [0.5, 0.6) is 0 Å². The van der Waals surface area contributed by atoms with Crippen LogP contribution in [0.3, 0.4) is 0 Å². The van der Waals surface area contributed by atoms with Crippen molar-refractivity contribution in [2.24, 2.45) is 5.92 Å². The minimum Gasteiger partial charge on any atom is -0.293 e. The average molecular weight is 472 g/mol. The van der Waals surface area contributed by atoms with Gasteiger partial charge in [-0.05, 0) is 68.5 Å². The standard InChI is InChI=1S/C27H30FN7/c1-3-10-33-15-21-13-31-35(25(21)16-33)26-12-23(29-17-30-26)11-24-18(2)27(20-6-8-22(28)9-7-20)32-34(24)14-19-4-5-19/h6-9,12-13,17,19H,3-5,10-11,14-16H2,1-2H3. The number of hydrogen-bond donors (Lipinski definition) is 0. The van der Waals surface area contributed by atoms with Crippen molar-refractivity contribution in [3.8, 4) is 17.1 Å². The molecule has 0 spiro atoms. The summed E-state index contributed by atoms with van der Waals surface area (Å²) in [5, 5.41) is 9.59. The fourth-order valence-corrected chi connectivity index (χ4v) is 5.05. The van der Waals surface area contributed by atoms with Crippen molar-refractivity contribution in [2.75, 3.05) is 6.54 Å². The highest BCUT2D eigenvalue weighted by Crippen LogP contribution is 2.33. The SMILES string of the molecule is CCCN1Cc2cnn(-c3cc(Cc4c(C)c(-c5ccc(F)cc5)nn4CC4CC4)ncn3)c2C1. The summed E-state index contributed by atoms with van der Waals surface area (Å²) in [4.78, 5) is 11.6. The molecule has 0 N–H and O–H groups in total. The molecule has 1 fully saturated rings. The Morgan fingerprint density at radius 2 is 1.91 bits per heavy atom. The molecule has 0 atom stereocenters. The summed E-state index contributed by atoms with van der Waals surface area (Å²) >= 11 is 0. The second-order valence-corrected chi connectivity index (χ2v) is 9.84. The number of rotatable bonds is 8. The van der Waals surface area contributed by atoms with Crippen LogP contribution in [0.15, 0.2) is 42.9 Å². The van der Waals surface area contributed by atoms with E-state index in [1.165, 1.54) is 36.2 Å². The van der Waals surface area contributed by atoms with Crippen LogP contribution in [-0.2, 0) is 26.1 Å². The first-order valence-electron chi connectivity index (χ1n) is 12.5. The molecule has 0 unspecified atom stereocenters. The predicted molar refractivity (Wildman–Crippen MR) is 131 cm³/mol. The molecule has 0 radical (unpaired) electrons. The molecule has 1 saturated carbocycles. The fraction of sp³-hybridized carbons (Fsp3) is 0.407. The van der Waals surface area contributed by atoms with E-state index in [0.29, 0.717) is 12.3 Å². The Morgan fingerprint density at radius 1 is 1.09 bits per heavy atom. The molecule has 1 aliphatic carbocycles. The lowest BCUT2D eigenvalue weighted by molar-refractivity contribution is 0.280. The Bertz CT molecular complexity index is 1350. The van der Waals surface area contributed by atoms with Crippen molar-refractivity contribution in [3.63, 3.8) is 0 Å². The average Bonchev–Trinajstić information content (AvgIpc) is 3.34. The smallest absolute Gasteiger partial charge is 0.157 e. The molecule has 7 nitrogen and oxygen atoms in total. The summed E-state index contributed by atoms with van der Waals surface area (Å²) in [7, 11) is 0. The fourth-order valence-electron chi connectivity index (χ4n) is 5.05. The topological polar surface area (TPSA) is 64.7 Å². The van der Waals surface area contributed by atoms with Crippen molar-refractivity contribution < 1.29 is 4.39 Å². The normalized spacial score (nSPS) is 15.6. The van der Waals surface area contributed by atoms with E-state index in [2.05, 4.69) is 38.5 Å². The van der Waals surface area contributed by atoms with E-state index in [4.69, 9.17) is 5.10 Å². The molecular formula is C27H30FN7. The third kappa shape index (κ3) is 4.38. The first-order chi connectivity index (χ1) is 17.1. The molecule has 2 aliphatic rings. The third-order valence-corrected chi connectivity index (χ3v) is 7.10. The molecule has 6 rings (SSSR count). The van der Waals surface area contributed by atoms with Crippen molar-refractivity contribution in [3.05, 3.63) is 76.9 Å². The van der Waals surface area contributed by atoms with E-state index in [1.807, 2.05) is 16.9 Å². The van der Waals surface area contributed by atoms with Gasteiger partial charge in [-0.15, -0.1) is 0 Å². The van der Waals surface area contributed by atoms with E-state index < -0.39 is 0 Å². The maximum atomic E-state index is 13.5. The van der Waals surface area contributed by atoms with Gasteiger partial charge in [0.05, 0.1) is 23.3 Å². The summed E-state index contributed by atoms with van der Waals surface area (Å²) in [5.74, 6) is 1.26. The molecule has 1 aliphatic heterocycles. The summed E-state index contributed by atoms with van der Waals surface area (Å²) in [6.07, 6.45) is 7.91. The van der Waals surface area contributed by atoms with Gasteiger partial charge in [-0.2, -0.15) is 10.2 Å². The van der Waals surface area contributed by atoms with E-state index >= 15 is 0 Å². The monoisotopic (exact) mass is 471 g/mol.